The lowest BCUT2D eigenvalue weighted by molar-refractivity contribution is -0.154. The van der Waals surface area contributed by atoms with Crippen molar-refractivity contribution in [2.75, 3.05) is 20.1 Å². The van der Waals surface area contributed by atoms with Gasteiger partial charge in [-0.2, -0.15) is 0 Å². The molecule has 4 rings (SSSR count). The molecule has 1 spiro atoms. The number of hydrogen-bond acceptors (Lipinski definition) is 2. The molecule has 4 nitrogen and oxygen atoms in total. The summed E-state index contributed by atoms with van der Waals surface area (Å²) in [7, 11) is 1.86. The second-order valence-corrected chi connectivity index (χ2v) is 7.71. The number of nitrogens with zero attached hydrogens (tertiary/aromatic N) is 2. The zero-order chi connectivity index (χ0) is 18.9. The minimum Gasteiger partial charge on any atom is -0.344 e. The van der Waals surface area contributed by atoms with E-state index in [-0.39, 0.29) is 17.7 Å². The summed E-state index contributed by atoms with van der Waals surface area (Å²) in [5.74, 6) is -0.213. The molecule has 2 aliphatic rings. The number of carbonyl (C=O) groups is 2. The van der Waals surface area contributed by atoms with Crippen molar-refractivity contribution < 1.29 is 9.59 Å². The van der Waals surface area contributed by atoms with Gasteiger partial charge in [0.1, 0.15) is 5.54 Å². The highest BCUT2D eigenvalue weighted by Crippen LogP contribution is 2.40. The summed E-state index contributed by atoms with van der Waals surface area (Å²) in [6, 6.07) is 19.8. The van der Waals surface area contributed by atoms with E-state index in [2.05, 4.69) is 0 Å². The van der Waals surface area contributed by atoms with Gasteiger partial charge >= 0.3 is 0 Å². The van der Waals surface area contributed by atoms with Crippen molar-refractivity contribution >= 4 is 11.8 Å². The summed E-state index contributed by atoms with van der Waals surface area (Å²) >= 11 is 0. The fourth-order valence-electron chi connectivity index (χ4n) is 4.78. The standard InChI is InChI=1S/C23H26N2O2/c1-24-16-8-14-23(22(24)27)15-9-17-25(23)21(26)20(18-10-4-2-5-11-18)19-12-6-3-7-13-19/h2-7,10-13,20H,8-9,14-17H2,1H3. The van der Waals surface area contributed by atoms with Gasteiger partial charge in [-0.1, -0.05) is 60.7 Å². The summed E-state index contributed by atoms with van der Waals surface area (Å²) in [6.07, 6.45) is 3.39. The molecule has 2 heterocycles. The lowest BCUT2D eigenvalue weighted by atomic mass is 9.83. The number of likely N-dealkylation sites (N-methyl/N-ethyl adjacent to an activating group) is 1. The van der Waals surface area contributed by atoms with Crippen LogP contribution in [0.5, 0.6) is 0 Å². The van der Waals surface area contributed by atoms with Gasteiger partial charge in [0.05, 0.1) is 5.92 Å². The van der Waals surface area contributed by atoms with Gasteiger partial charge in [-0.05, 0) is 36.8 Å². The highest BCUT2D eigenvalue weighted by Gasteiger charge is 2.53. The monoisotopic (exact) mass is 362 g/mol. The van der Waals surface area contributed by atoms with Gasteiger partial charge in [-0.25, -0.2) is 0 Å². The molecular weight excluding hydrogens is 336 g/mol. The van der Waals surface area contributed by atoms with Crippen molar-refractivity contribution in [3.8, 4) is 0 Å². The molecule has 4 heteroatoms. The Bertz CT molecular complexity index is 781. The number of likely N-dealkylation sites (tertiary alicyclic amines) is 2. The molecule has 2 aliphatic heterocycles. The zero-order valence-electron chi connectivity index (χ0n) is 15.8. The van der Waals surface area contributed by atoms with Crippen molar-refractivity contribution in [3.63, 3.8) is 0 Å². The van der Waals surface area contributed by atoms with Gasteiger partial charge in [-0.3, -0.25) is 9.59 Å². The van der Waals surface area contributed by atoms with Gasteiger partial charge in [0.25, 0.3) is 0 Å². The van der Waals surface area contributed by atoms with Crippen molar-refractivity contribution in [1.29, 1.82) is 0 Å². The molecule has 1 unspecified atom stereocenters. The molecule has 0 radical (unpaired) electrons. The SMILES string of the molecule is CN1CCCC2(CCCN2C(=O)C(c2ccccc2)c2ccccc2)C1=O. The van der Waals surface area contributed by atoms with Crippen LogP contribution in [0.4, 0.5) is 0 Å². The second-order valence-electron chi connectivity index (χ2n) is 7.71. The van der Waals surface area contributed by atoms with Crippen LogP contribution < -0.4 is 0 Å². The maximum Gasteiger partial charge on any atom is 0.248 e. The van der Waals surface area contributed by atoms with Crippen LogP contribution in [0.25, 0.3) is 0 Å². The molecule has 2 aromatic rings. The van der Waals surface area contributed by atoms with Crippen molar-refractivity contribution in [2.24, 2.45) is 0 Å². The van der Waals surface area contributed by atoms with Crippen molar-refractivity contribution in [2.45, 2.75) is 37.1 Å². The second kappa shape index (κ2) is 7.18. The molecular formula is C23H26N2O2. The van der Waals surface area contributed by atoms with Gasteiger partial charge in [0, 0.05) is 20.1 Å². The van der Waals surface area contributed by atoms with Crippen LogP contribution in [0.3, 0.4) is 0 Å². The maximum atomic E-state index is 13.8. The average molecular weight is 362 g/mol. The number of benzene rings is 2. The average Bonchev–Trinajstić information content (AvgIpc) is 3.12. The third kappa shape index (κ3) is 3.03. The van der Waals surface area contributed by atoms with E-state index in [0.717, 1.165) is 43.4 Å². The minimum atomic E-state index is -0.647. The number of amides is 2. The summed E-state index contributed by atoms with van der Waals surface area (Å²) in [5, 5.41) is 0. The Kier molecular flexibility index (Phi) is 4.73. The van der Waals surface area contributed by atoms with Crippen LogP contribution in [-0.4, -0.2) is 47.3 Å². The Labute approximate surface area is 160 Å². The fourth-order valence-corrected chi connectivity index (χ4v) is 4.78. The normalized spacial score (nSPS) is 22.7. The van der Waals surface area contributed by atoms with E-state index < -0.39 is 5.54 Å². The van der Waals surface area contributed by atoms with Gasteiger partial charge < -0.3 is 9.80 Å². The predicted molar refractivity (Wildman–Crippen MR) is 105 cm³/mol. The molecule has 0 aromatic heterocycles. The van der Waals surface area contributed by atoms with Crippen LogP contribution in [0.1, 0.15) is 42.7 Å². The highest BCUT2D eigenvalue weighted by atomic mass is 16.2. The Morgan fingerprint density at radius 3 is 1.96 bits per heavy atom. The Hall–Kier alpha value is -2.62. The van der Waals surface area contributed by atoms with E-state index in [9.17, 15) is 9.59 Å². The molecule has 0 aliphatic carbocycles. The van der Waals surface area contributed by atoms with E-state index in [1.165, 1.54) is 0 Å². The molecule has 2 amide bonds. The Morgan fingerprint density at radius 1 is 0.889 bits per heavy atom. The lowest BCUT2D eigenvalue weighted by Crippen LogP contribution is -2.61. The largest absolute Gasteiger partial charge is 0.344 e. The minimum absolute atomic E-state index is 0.0496. The molecule has 0 saturated carbocycles. The summed E-state index contributed by atoms with van der Waals surface area (Å²) in [5.41, 5.74) is 1.31. The molecule has 0 N–H and O–H groups in total. The smallest absolute Gasteiger partial charge is 0.248 e. The molecule has 27 heavy (non-hydrogen) atoms. The van der Waals surface area contributed by atoms with E-state index in [4.69, 9.17) is 0 Å². The summed E-state index contributed by atoms with van der Waals surface area (Å²) in [4.78, 5) is 30.6. The molecule has 1 atom stereocenters. The van der Waals surface area contributed by atoms with Crippen molar-refractivity contribution in [1.82, 2.24) is 9.80 Å². The number of carbonyl (C=O) groups excluding carboxylic acids is 2. The highest BCUT2D eigenvalue weighted by molar-refractivity contribution is 5.96. The zero-order valence-corrected chi connectivity index (χ0v) is 15.8. The van der Waals surface area contributed by atoms with Gasteiger partial charge in [0.2, 0.25) is 11.8 Å². The Morgan fingerprint density at radius 2 is 1.41 bits per heavy atom. The predicted octanol–water partition coefficient (Wildman–Crippen LogP) is 3.43. The van der Waals surface area contributed by atoms with Crippen LogP contribution in [0, 0.1) is 0 Å². The number of rotatable bonds is 3. The number of hydrogen-bond donors (Lipinski definition) is 0. The third-order valence-electron chi connectivity index (χ3n) is 6.10. The number of piperidine rings is 1. The molecule has 0 bridgehead atoms. The quantitative estimate of drug-likeness (QED) is 0.839. The van der Waals surface area contributed by atoms with E-state index in [1.54, 1.807) is 4.90 Å². The van der Waals surface area contributed by atoms with E-state index in [0.29, 0.717) is 6.54 Å². The molecule has 2 saturated heterocycles. The fraction of sp³-hybridized carbons (Fsp3) is 0.391. The van der Waals surface area contributed by atoms with Gasteiger partial charge in [0.15, 0.2) is 0 Å². The van der Waals surface area contributed by atoms with E-state index in [1.807, 2.05) is 72.6 Å². The first-order chi connectivity index (χ1) is 13.1. The van der Waals surface area contributed by atoms with Crippen molar-refractivity contribution in [3.05, 3.63) is 71.8 Å². The lowest BCUT2D eigenvalue weighted by Gasteiger charge is -2.44. The Balaban J connectivity index is 1.74. The first-order valence-electron chi connectivity index (χ1n) is 9.80. The summed E-state index contributed by atoms with van der Waals surface area (Å²) in [6.45, 7) is 1.44. The third-order valence-corrected chi connectivity index (χ3v) is 6.10. The topological polar surface area (TPSA) is 40.6 Å². The van der Waals surface area contributed by atoms with Gasteiger partial charge in [-0.15, -0.1) is 0 Å². The first-order valence-corrected chi connectivity index (χ1v) is 9.80. The maximum absolute atomic E-state index is 13.8. The van der Waals surface area contributed by atoms with Crippen LogP contribution in [0.15, 0.2) is 60.7 Å². The first kappa shape index (κ1) is 17.8. The molecule has 2 fully saturated rings. The molecule has 2 aromatic carbocycles. The molecule has 140 valence electrons. The van der Waals surface area contributed by atoms with Crippen LogP contribution >= 0.6 is 0 Å². The van der Waals surface area contributed by atoms with Crippen LogP contribution in [0.2, 0.25) is 0 Å². The van der Waals surface area contributed by atoms with Crippen LogP contribution in [-0.2, 0) is 9.59 Å². The summed E-state index contributed by atoms with van der Waals surface area (Å²) < 4.78 is 0. The van der Waals surface area contributed by atoms with E-state index >= 15 is 0 Å².